The summed E-state index contributed by atoms with van der Waals surface area (Å²) in [6.07, 6.45) is 0.969. The average Bonchev–Trinajstić information content (AvgIpc) is 2.17. The first-order chi connectivity index (χ1) is 7.42. The average molecular weight is 242 g/mol. The van der Waals surface area contributed by atoms with Crippen molar-refractivity contribution in [1.29, 1.82) is 0 Å². The van der Waals surface area contributed by atoms with Crippen LogP contribution in [0.2, 0.25) is 5.02 Å². The van der Waals surface area contributed by atoms with Gasteiger partial charge in [0.2, 0.25) is 0 Å². The minimum absolute atomic E-state index is 0.241. The van der Waals surface area contributed by atoms with Gasteiger partial charge in [0.15, 0.2) is 0 Å². The summed E-state index contributed by atoms with van der Waals surface area (Å²) in [4.78, 5) is 0. The summed E-state index contributed by atoms with van der Waals surface area (Å²) in [5.74, 6) is 0. The number of aliphatic hydroxyl groups is 1. The maximum Gasteiger partial charge on any atom is 0.0715 e. The molecule has 16 heavy (non-hydrogen) atoms. The smallest absolute Gasteiger partial charge is 0.0715 e. The molecule has 2 nitrogen and oxygen atoms in total. The van der Waals surface area contributed by atoms with Crippen LogP contribution in [0, 0.1) is 0 Å². The zero-order valence-corrected chi connectivity index (χ0v) is 10.9. The predicted octanol–water partition coefficient (Wildman–Crippen LogP) is 3.15. The van der Waals surface area contributed by atoms with Gasteiger partial charge in [0.1, 0.15) is 0 Å². The normalized spacial score (nSPS) is 13.8. The maximum absolute atomic E-state index is 9.67. The van der Waals surface area contributed by atoms with E-state index in [1.54, 1.807) is 13.8 Å². The van der Waals surface area contributed by atoms with Gasteiger partial charge >= 0.3 is 0 Å². The first kappa shape index (κ1) is 13.5. The van der Waals surface area contributed by atoms with Crippen molar-refractivity contribution in [3.05, 3.63) is 34.9 Å². The Hall–Kier alpha value is -0.570. The lowest BCUT2D eigenvalue weighted by molar-refractivity contribution is 0.0762. The topological polar surface area (TPSA) is 32.3 Å². The molecule has 0 fully saturated rings. The van der Waals surface area contributed by atoms with Crippen LogP contribution < -0.4 is 5.32 Å². The second-order valence-electron chi connectivity index (χ2n) is 4.71. The first-order valence-corrected chi connectivity index (χ1v) is 6.01. The van der Waals surface area contributed by atoms with Crippen LogP contribution in [0.25, 0.3) is 0 Å². The van der Waals surface area contributed by atoms with Gasteiger partial charge in [-0.05, 0) is 38.0 Å². The van der Waals surface area contributed by atoms with Crippen molar-refractivity contribution in [2.45, 2.75) is 38.8 Å². The summed E-state index contributed by atoms with van der Waals surface area (Å²) in [6, 6.07) is 8.08. The molecule has 0 saturated carbocycles. The number of rotatable bonds is 5. The molecule has 0 radical (unpaired) electrons. The van der Waals surface area contributed by atoms with E-state index in [2.05, 4.69) is 18.3 Å². The molecule has 1 atom stereocenters. The molecule has 0 bridgehead atoms. The lowest BCUT2D eigenvalue weighted by Gasteiger charge is -2.23. The second-order valence-corrected chi connectivity index (χ2v) is 5.15. The van der Waals surface area contributed by atoms with Gasteiger partial charge in [0.25, 0.3) is 0 Å². The number of nitrogens with one attached hydrogen (secondary N) is 1. The van der Waals surface area contributed by atoms with Gasteiger partial charge in [-0.3, -0.25) is 0 Å². The van der Waals surface area contributed by atoms with E-state index in [9.17, 15) is 5.11 Å². The van der Waals surface area contributed by atoms with Crippen LogP contribution in [0.4, 0.5) is 0 Å². The number of hydrogen-bond acceptors (Lipinski definition) is 2. The van der Waals surface area contributed by atoms with Crippen molar-refractivity contribution in [2.75, 3.05) is 6.54 Å². The van der Waals surface area contributed by atoms with Gasteiger partial charge < -0.3 is 10.4 Å². The second kappa shape index (κ2) is 5.67. The van der Waals surface area contributed by atoms with E-state index in [0.29, 0.717) is 6.54 Å². The van der Waals surface area contributed by atoms with E-state index in [4.69, 9.17) is 11.6 Å². The van der Waals surface area contributed by atoms with E-state index in [1.807, 2.05) is 18.2 Å². The van der Waals surface area contributed by atoms with Gasteiger partial charge in [0.05, 0.1) is 5.60 Å². The van der Waals surface area contributed by atoms with Gasteiger partial charge in [-0.15, -0.1) is 0 Å². The van der Waals surface area contributed by atoms with E-state index < -0.39 is 5.60 Å². The molecule has 1 aromatic rings. The number of hydrogen-bond donors (Lipinski definition) is 2. The first-order valence-electron chi connectivity index (χ1n) is 5.63. The minimum Gasteiger partial charge on any atom is -0.389 e. The molecule has 0 spiro atoms. The molecule has 2 N–H and O–H groups in total. The van der Waals surface area contributed by atoms with Crippen LogP contribution in [0.3, 0.4) is 0 Å². The summed E-state index contributed by atoms with van der Waals surface area (Å²) in [6.45, 7) is 6.27. The third-order valence-electron chi connectivity index (χ3n) is 2.44. The zero-order chi connectivity index (χ0) is 12.2. The van der Waals surface area contributed by atoms with Gasteiger partial charge in [-0.2, -0.15) is 0 Å². The minimum atomic E-state index is -0.688. The quantitative estimate of drug-likeness (QED) is 0.830. The summed E-state index contributed by atoms with van der Waals surface area (Å²) in [7, 11) is 0. The number of halogens is 1. The van der Waals surface area contributed by atoms with Gasteiger partial charge in [-0.25, -0.2) is 0 Å². The molecule has 0 aliphatic carbocycles. The van der Waals surface area contributed by atoms with Crippen molar-refractivity contribution < 1.29 is 5.11 Å². The van der Waals surface area contributed by atoms with Crippen LogP contribution in [0.5, 0.6) is 0 Å². The number of benzene rings is 1. The fourth-order valence-corrected chi connectivity index (χ4v) is 1.79. The van der Waals surface area contributed by atoms with Crippen molar-refractivity contribution in [1.82, 2.24) is 5.32 Å². The van der Waals surface area contributed by atoms with Crippen LogP contribution in [-0.4, -0.2) is 17.3 Å². The third kappa shape index (κ3) is 4.52. The molecule has 1 rings (SSSR count). The Kier molecular flexibility index (Phi) is 4.78. The summed E-state index contributed by atoms with van der Waals surface area (Å²) in [5, 5.41) is 13.8. The lowest BCUT2D eigenvalue weighted by Crippen LogP contribution is -2.36. The highest BCUT2D eigenvalue weighted by Gasteiger charge is 2.16. The fraction of sp³-hybridized carbons (Fsp3) is 0.538. The largest absolute Gasteiger partial charge is 0.389 e. The van der Waals surface area contributed by atoms with Crippen molar-refractivity contribution >= 4 is 11.6 Å². The highest BCUT2D eigenvalue weighted by molar-refractivity contribution is 6.30. The monoisotopic (exact) mass is 241 g/mol. The molecule has 90 valence electrons. The van der Waals surface area contributed by atoms with E-state index >= 15 is 0 Å². The molecular weight excluding hydrogens is 222 g/mol. The summed E-state index contributed by atoms with van der Waals surface area (Å²) < 4.78 is 0. The molecule has 0 amide bonds. The Bertz CT molecular complexity index is 333. The highest BCUT2D eigenvalue weighted by atomic mass is 35.5. The molecule has 0 heterocycles. The van der Waals surface area contributed by atoms with E-state index in [0.717, 1.165) is 11.4 Å². The Morgan fingerprint density at radius 2 is 2.12 bits per heavy atom. The summed E-state index contributed by atoms with van der Waals surface area (Å²) in [5.41, 5.74) is 0.477. The van der Waals surface area contributed by atoms with Crippen molar-refractivity contribution in [3.63, 3.8) is 0 Å². The van der Waals surface area contributed by atoms with Gasteiger partial charge in [0, 0.05) is 17.6 Å². The molecule has 0 saturated heterocycles. The third-order valence-corrected chi connectivity index (χ3v) is 2.68. The standard InChI is InChI=1S/C13H20ClNO/c1-4-12(15-9-13(2,3)16)10-6-5-7-11(14)8-10/h5-8,12,15-16H,4,9H2,1-3H3. The molecule has 3 heteroatoms. The molecule has 1 unspecified atom stereocenters. The maximum atomic E-state index is 9.67. The Labute approximate surface area is 103 Å². The van der Waals surface area contributed by atoms with Crippen LogP contribution >= 0.6 is 11.6 Å². The predicted molar refractivity (Wildman–Crippen MR) is 68.8 cm³/mol. The van der Waals surface area contributed by atoms with Crippen molar-refractivity contribution in [2.24, 2.45) is 0 Å². The highest BCUT2D eigenvalue weighted by Crippen LogP contribution is 2.20. The van der Waals surface area contributed by atoms with E-state index in [1.165, 1.54) is 5.56 Å². The molecule has 0 aliphatic heterocycles. The van der Waals surface area contributed by atoms with Gasteiger partial charge in [-0.1, -0.05) is 30.7 Å². The van der Waals surface area contributed by atoms with Crippen molar-refractivity contribution in [3.8, 4) is 0 Å². The SMILES string of the molecule is CCC(NCC(C)(C)O)c1cccc(Cl)c1. The fourth-order valence-electron chi connectivity index (χ4n) is 1.59. The van der Waals surface area contributed by atoms with Crippen LogP contribution in [-0.2, 0) is 0 Å². The van der Waals surface area contributed by atoms with E-state index in [-0.39, 0.29) is 6.04 Å². The zero-order valence-electron chi connectivity index (χ0n) is 10.1. The summed E-state index contributed by atoms with van der Waals surface area (Å²) >= 11 is 5.96. The molecule has 0 aliphatic rings. The molecular formula is C13H20ClNO. The molecule has 1 aromatic carbocycles. The van der Waals surface area contributed by atoms with Crippen LogP contribution in [0.1, 0.15) is 38.8 Å². The Morgan fingerprint density at radius 3 is 2.62 bits per heavy atom. The Morgan fingerprint density at radius 1 is 1.44 bits per heavy atom. The van der Waals surface area contributed by atoms with Crippen LogP contribution in [0.15, 0.2) is 24.3 Å². The lowest BCUT2D eigenvalue weighted by atomic mass is 10.0. The Balaban J connectivity index is 2.68. The molecule has 0 aromatic heterocycles.